The molecule has 1 aromatic heterocycles. The molecule has 1 unspecified atom stereocenters. The normalized spacial score (nSPS) is 22.1. The Hall–Kier alpha value is -2.50. The molecule has 0 radical (unpaired) electrons. The third-order valence-electron chi connectivity index (χ3n) is 3.17. The second-order valence-electron chi connectivity index (χ2n) is 4.85. The van der Waals surface area contributed by atoms with Gasteiger partial charge < -0.3 is 16.4 Å². The van der Waals surface area contributed by atoms with Crippen LogP contribution in [0, 0.1) is 6.92 Å². The van der Waals surface area contributed by atoms with Crippen LogP contribution in [0.5, 0.6) is 0 Å². The minimum Gasteiger partial charge on any atom is -0.370 e. The van der Waals surface area contributed by atoms with Gasteiger partial charge in [-0.2, -0.15) is 5.10 Å². The van der Waals surface area contributed by atoms with Crippen molar-refractivity contribution in [1.82, 2.24) is 15.5 Å². The topological polar surface area (TPSA) is 91.1 Å². The summed E-state index contributed by atoms with van der Waals surface area (Å²) in [6.45, 7) is 3.98. The van der Waals surface area contributed by atoms with E-state index in [1.165, 1.54) is 0 Å². The first kappa shape index (κ1) is 11.6. The zero-order valence-electron chi connectivity index (χ0n) is 10.9. The first-order chi connectivity index (χ1) is 9.06. The van der Waals surface area contributed by atoms with Crippen molar-refractivity contribution in [3.8, 4) is 0 Å². The van der Waals surface area contributed by atoms with Gasteiger partial charge in [0, 0.05) is 17.3 Å². The largest absolute Gasteiger partial charge is 0.370 e. The highest BCUT2D eigenvalue weighted by atomic mass is 15.3. The van der Waals surface area contributed by atoms with Gasteiger partial charge in [-0.3, -0.25) is 5.10 Å². The summed E-state index contributed by atoms with van der Waals surface area (Å²) in [5.41, 5.74) is 8.22. The van der Waals surface area contributed by atoms with E-state index in [0.29, 0.717) is 5.96 Å². The van der Waals surface area contributed by atoms with Crippen molar-refractivity contribution in [3.63, 3.8) is 0 Å². The maximum Gasteiger partial charge on any atom is 0.195 e. The van der Waals surface area contributed by atoms with Crippen molar-refractivity contribution >= 4 is 22.5 Å². The third kappa shape index (κ3) is 2.12. The predicted molar refractivity (Wildman–Crippen MR) is 76.8 cm³/mol. The number of guanidine groups is 1. The molecule has 0 saturated heterocycles. The summed E-state index contributed by atoms with van der Waals surface area (Å²) in [4.78, 5) is 3.97. The van der Waals surface area contributed by atoms with Crippen LogP contribution in [0.3, 0.4) is 0 Å². The van der Waals surface area contributed by atoms with Crippen LogP contribution in [0.25, 0.3) is 10.9 Å². The Balaban J connectivity index is 1.89. The van der Waals surface area contributed by atoms with E-state index in [-0.39, 0.29) is 0 Å². The average Bonchev–Trinajstić information content (AvgIpc) is 2.70. The van der Waals surface area contributed by atoms with Gasteiger partial charge >= 0.3 is 0 Å². The zero-order chi connectivity index (χ0) is 13.5. The first-order valence-corrected chi connectivity index (χ1v) is 6.08. The number of nitrogens with two attached hydrogens (primary N) is 1. The van der Waals surface area contributed by atoms with Crippen LogP contribution in [-0.2, 0) is 0 Å². The number of aliphatic imine (C=N–C) groups is 1. The minimum absolute atomic E-state index is 0.399. The van der Waals surface area contributed by atoms with Crippen molar-refractivity contribution in [2.75, 3.05) is 5.32 Å². The predicted octanol–water partition coefficient (Wildman–Crippen LogP) is 1.43. The molecule has 0 aliphatic carbocycles. The summed E-state index contributed by atoms with van der Waals surface area (Å²) in [6, 6.07) is 6.09. The molecule has 0 amide bonds. The smallest absolute Gasteiger partial charge is 0.195 e. The molecule has 2 aromatic rings. The van der Waals surface area contributed by atoms with Crippen LogP contribution in [-0.4, -0.2) is 21.8 Å². The summed E-state index contributed by atoms with van der Waals surface area (Å²) in [5.74, 6) is 0.399. The molecule has 0 saturated carbocycles. The average molecular weight is 256 g/mol. The van der Waals surface area contributed by atoms with Gasteiger partial charge in [-0.05, 0) is 38.1 Å². The quantitative estimate of drug-likeness (QED) is 0.654. The number of nitrogens with one attached hydrogen (secondary N) is 3. The third-order valence-corrected chi connectivity index (χ3v) is 3.17. The lowest BCUT2D eigenvalue weighted by Gasteiger charge is -2.32. The Kier molecular flexibility index (Phi) is 2.45. The van der Waals surface area contributed by atoms with E-state index in [1.54, 1.807) is 6.20 Å². The summed E-state index contributed by atoms with van der Waals surface area (Å²) in [6.07, 6.45) is 3.61. The van der Waals surface area contributed by atoms with Crippen LogP contribution in [0.1, 0.15) is 12.6 Å². The van der Waals surface area contributed by atoms with Crippen molar-refractivity contribution in [2.24, 2.45) is 10.7 Å². The molecule has 5 N–H and O–H groups in total. The van der Waals surface area contributed by atoms with E-state index in [9.17, 15) is 0 Å². The number of H-pyrrole nitrogens is 1. The fraction of sp³-hybridized carbons (Fsp3) is 0.231. The van der Waals surface area contributed by atoms with Crippen molar-refractivity contribution in [2.45, 2.75) is 19.5 Å². The number of fused-ring (bicyclic) bond motifs is 1. The molecule has 1 aliphatic rings. The van der Waals surface area contributed by atoms with Crippen LogP contribution < -0.4 is 16.4 Å². The fourth-order valence-electron chi connectivity index (χ4n) is 2.21. The van der Waals surface area contributed by atoms with Crippen LogP contribution >= 0.6 is 0 Å². The Morgan fingerprint density at radius 1 is 1.37 bits per heavy atom. The summed E-state index contributed by atoms with van der Waals surface area (Å²) >= 11 is 0. The maximum absolute atomic E-state index is 5.69. The van der Waals surface area contributed by atoms with Gasteiger partial charge in [0.2, 0.25) is 0 Å². The molecule has 0 spiro atoms. The second kappa shape index (κ2) is 4.01. The monoisotopic (exact) mass is 256 g/mol. The Labute approximate surface area is 110 Å². The second-order valence-corrected chi connectivity index (χ2v) is 4.85. The van der Waals surface area contributed by atoms with Crippen LogP contribution in [0.4, 0.5) is 5.69 Å². The molecule has 19 heavy (non-hydrogen) atoms. The highest BCUT2D eigenvalue weighted by Crippen LogP contribution is 2.22. The summed E-state index contributed by atoms with van der Waals surface area (Å²) in [5, 5.41) is 14.8. The number of nitrogens with zero attached hydrogens (tertiary/aromatic N) is 2. The first-order valence-electron chi connectivity index (χ1n) is 6.08. The Morgan fingerprint density at radius 2 is 2.21 bits per heavy atom. The summed E-state index contributed by atoms with van der Waals surface area (Å²) in [7, 11) is 0. The SMILES string of the molecule is Cc1n[nH]c2cc(NC3(C)C=CN=C(N)N3)ccc12. The zero-order valence-corrected chi connectivity index (χ0v) is 10.9. The van der Waals surface area contributed by atoms with E-state index in [1.807, 2.05) is 38.1 Å². The van der Waals surface area contributed by atoms with Gasteiger partial charge in [0.05, 0.1) is 11.2 Å². The standard InChI is InChI=1S/C13H16N6/c1-8-10-4-3-9(7-11(10)19-18-8)16-13(2)5-6-15-12(14)17-13/h3-7,16H,1-2H3,(H,18,19)(H3,14,15,17). The van der Waals surface area contributed by atoms with E-state index in [2.05, 4.69) is 25.8 Å². The van der Waals surface area contributed by atoms with E-state index in [4.69, 9.17) is 5.73 Å². The van der Waals surface area contributed by atoms with Gasteiger partial charge in [-0.15, -0.1) is 0 Å². The molecule has 0 fully saturated rings. The number of hydrogen-bond donors (Lipinski definition) is 4. The molecule has 1 aliphatic heterocycles. The van der Waals surface area contributed by atoms with Gasteiger partial charge in [-0.25, -0.2) is 4.99 Å². The molecule has 0 bridgehead atoms. The minimum atomic E-state index is -0.450. The molecule has 1 atom stereocenters. The number of aromatic nitrogens is 2. The number of aromatic amines is 1. The van der Waals surface area contributed by atoms with E-state index >= 15 is 0 Å². The van der Waals surface area contributed by atoms with Crippen LogP contribution in [0.2, 0.25) is 0 Å². The molecule has 6 nitrogen and oxygen atoms in total. The van der Waals surface area contributed by atoms with Gasteiger partial charge in [-0.1, -0.05) is 0 Å². The fourth-order valence-corrected chi connectivity index (χ4v) is 2.21. The molecule has 1 aromatic carbocycles. The number of anilines is 1. The van der Waals surface area contributed by atoms with E-state index < -0.39 is 5.66 Å². The summed E-state index contributed by atoms with van der Waals surface area (Å²) < 4.78 is 0. The van der Waals surface area contributed by atoms with Gasteiger partial charge in [0.15, 0.2) is 5.96 Å². The molecule has 98 valence electrons. The highest BCUT2D eigenvalue weighted by molar-refractivity contribution is 5.85. The lowest BCUT2D eigenvalue weighted by molar-refractivity contribution is 0.581. The molecular formula is C13H16N6. The number of rotatable bonds is 2. The maximum atomic E-state index is 5.69. The molecule has 6 heteroatoms. The lowest BCUT2D eigenvalue weighted by Crippen LogP contribution is -2.54. The van der Waals surface area contributed by atoms with Gasteiger partial charge in [0.25, 0.3) is 0 Å². The molecule has 2 heterocycles. The number of benzene rings is 1. The van der Waals surface area contributed by atoms with Crippen molar-refractivity contribution in [1.29, 1.82) is 0 Å². The van der Waals surface area contributed by atoms with Crippen LogP contribution in [0.15, 0.2) is 35.5 Å². The highest BCUT2D eigenvalue weighted by Gasteiger charge is 2.23. The van der Waals surface area contributed by atoms with Gasteiger partial charge in [0.1, 0.15) is 5.66 Å². The number of aryl methyl sites for hydroxylation is 1. The molecular weight excluding hydrogens is 240 g/mol. The van der Waals surface area contributed by atoms with E-state index in [0.717, 1.165) is 22.3 Å². The Morgan fingerprint density at radius 3 is 3.00 bits per heavy atom. The number of hydrogen-bond acceptors (Lipinski definition) is 5. The lowest BCUT2D eigenvalue weighted by atomic mass is 10.1. The van der Waals surface area contributed by atoms with Crippen molar-refractivity contribution in [3.05, 3.63) is 36.2 Å². The molecule has 3 rings (SSSR count). The van der Waals surface area contributed by atoms with Crippen molar-refractivity contribution < 1.29 is 0 Å². The Bertz CT molecular complexity index is 683.